The first-order chi connectivity index (χ1) is 42.4. The number of anilines is 2. The Kier molecular flexibility index (Phi) is 32.4. The second kappa shape index (κ2) is 39.8. The zero-order valence-corrected chi connectivity index (χ0v) is 52.6. The van der Waals surface area contributed by atoms with Crippen molar-refractivity contribution in [3.05, 3.63) is 117 Å². The number of hydrazone groups is 1. The van der Waals surface area contributed by atoms with Gasteiger partial charge in [0.15, 0.2) is 5.13 Å². The number of ether oxygens (including phenoxy) is 5. The molecule has 0 radical (unpaired) electrons. The Balaban J connectivity index is 0.00000163. The zero-order chi connectivity index (χ0) is 63.5. The van der Waals surface area contributed by atoms with Crippen molar-refractivity contribution < 1.29 is 56.0 Å². The quantitative estimate of drug-likeness (QED) is 0.00972. The van der Waals surface area contributed by atoms with Crippen LogP contribution in [0.3, 0.4) is 0 Å². The van der Waals surface area contributed by atoms with Crippen molar-refractivity contribution in [2.45, 2.75) is 70.6 Å². The number of carbonyl (C=O) groups is 4. The number of carbonyl (C=O) groups excluding carboxylic acids is 4. The highest BCUT2D eigenvalue weighted by atomic mass is 35.5. The number of unbranched alkanes of at least 4 members (excludes halogenated alkanes) is 1. The number of nitrogens with zero attached hydrogens (tertiary/aromatic N) is 9. The van der Waals surface area contributed by atoms with Crippen LogP contribution in [0.15, 0.2) is 94.5 Å². The molecule has 3 aromatic carbocycles. The van der Waals surface area contributed by atoms with Gasteiger partial charge in [-0.05, 0) is 114 Å². The molecule has 22 nitrogen and oxygen atoms in total. The largest absolute Gasteiger partial charge is 0.494 e. The van der Waals surface area contributed by atoms with Crippen LogP contribution >= 0.6 is 22.9 Å². The third-order valence-corrected chi connectivity index (χ3v) is 14.9. The van der Waals surface area contributed by atoms with Gasteiger partial charge in [0.05, 0.1) is 76.8 Å². The van der Waals surface area contributed by atoms with Crippen molar-refractivity contribution in [1.29, 1.82) is 0 Å². The molecule has 0 spiro atoms. The number of aromatic nitrogens is 3. The molecule has 1 aliphatic rings. The number of thiazole rings is 1. The number of halogens is 4. The number of nitrogens with one attached hydrogen (secondary N) is 3. The van der Waals surface area contributed by atoms with E-state index in [4.69, 9.17) is 41.1 Å². The lowest BCUT2D eigenvalue weighted by Crippen LogP contribution is -2.45. The Bertz CT molecular complexity index is 2880. The van der Waals surface area contributed by atoms with Crippen LogP contribution in [0, 0.1) is 6.92 Å². The number of amides is 4. The molecule has 4 amide bonds. The molecule has 1 fully saturated rings. The van der Waals surface area contributed by atoms with Crippen LogP contribution in [0.25, 0.3) is 0 Å². The number of urea groups is 1. The summed E-state index contributed by atoms with van der Waals surface area (Å²) in [4.78, 5) is 66.9. The van der Waals surface area contributed by atoms with Crippen molar-refractivity contribution in [2.24, 2.45) is 23.0 Å². The van der Waals surface area contributed by atoms with Gasteiger partial charge in [0, 0.05) is 106 Å². The molecule has 0 saturated carbocycles. The predicted octanol–water partition coefficient (Wildman–Crippen LogP) is 7.85. The maximum Gasteiger partial charge on any atom is 0.390 e. The Morgan fingerprint density at radius 3 is 2.08 bits per heavy atom. The standard InChI is InChI=1S/C55H71ClF3N11O9S.C6H14N2/c1-40-49(38-63-69(40)3)51(52(73)62-36-42-6-11-43(56)12-7-42)70(25-22-55(57,58)59)50(72)19-10-41-8-15-47(16-9-41)78-28-5-4-24-68(2)26-31-77-33-32-75-29-21-45(67-60)37-61-23-30-76-34-35-79-48-17-13-44(14-18-48)64-53(74)66-54-65-46(20-27-71)39-80-54;1-7-3-5-8(2)6-4-7/h6-9,11-18,27,37-39,51H,4-5,10,19-26,28-36,60H2,1-3H3,(H,62,73)(H2,64,65,66,74);3-6H2,1-2H3/b61-37?,67-45-;. The lowest BCUT2D eigenvalue weighted by molar-refractivity contribution is -0.152. The first-order valence-electron chi connectivity index (χ1n) is 29.2. The topological polar surface area (TPSA) is 245 Å². The number of rotatable bonds is 37. The highest BCUT2D eigenvalue weighted by Gasteiger charge is 2.37. The molecule has 5 aromatic rings. The summed E-state index contributed by atoms with van der Waals surface area (Å²) in [5.41, 5.74) is 4.17. The monoisotopic (exact) mass is 1270 g/mol. The Labute approximate surface area is 522 Å². The van der Waals surface area contributed by atoms with Gasteiger partial charge in [-0.2, -0.15) is 23.4 Å². The van der Waals surface area contributed by atoms with Crippen LogP contribution in [0.4, 0.5) is 28.8 Å². The lowest BCUT2D eigenvalue weighted by Gasteiger charge is -2.31. The summed E-state index contributed by atoms with van der Waals surface area (Å²) in [6, 6.07) is 19.1. The molecule has 3 heterocycles. The van der Waals surface area contributed by atoms with Crippen molar-refractivity contribution in [1.82, 2.24) is 39.7 Å². The average Bonchev–Trinajstić information content (AvgIpc) is 3.69. The highest BCUT2D eigenvalue weighted by molar-refractivity contribution is 7.14. The summed E-state index contributed by atoms with van der Waals surface area (Å²) >= 11 is 7.24. The van der Waals surface area contributed by atoms with Crippen LogP contribution in [0.2, 0.25) is 5.02 Å². The number of nitrogens with two attached hydrogens (primary N) is 1. The summed E-state index contributed by atoms with van der Waals surface area (Å²) in [5, 5.41) is 18.8. The Hall–Kier alpha value is -7.04. The van der Waals surface area contributed by atoms with E-state index in [0.717, 1.165) is 48.2 Å². The van der Waals surface area contributed by atoms with Gasteiger partial charge in [-0.3, -0.25) is 24.6 Å². The number of hydrogen-bond donors (Lipinski definition) is 4. The van der Waals surface area contributed by atoms with Gasteiger partial charge in [0.2, 0.25) is 11.8 Å². The number of aliphatic imine (C=N–C) groups is 1. The third-order valence-electron chi connectivity index (χ3n) is 13.9. The SMILES string of the molecule is CN1CCN(C)CC1.Cc1c(C(C(=O)NCc2ccc(Cl)cc2)N(CCC(F)(F)F)C(=O)CCc2ccc(OCCCCN(C)CCOCCOCC/C(C=NCCOCCOc3ccc(NC(=O)Nc4nc(CC=O)cs4)cc3)=N/N)cc2)cnn1C. The molecular formula is C61H85ClF3N13O9S. The van der Waals surface area contributed by atoms with Gasteiger partial charge in [0.25, 0.3) is 0 Å². The minimum Gasteiger partial charge on any atom is -0.494 e. The summed E-state index contributed by atoms with van der Waals surface area (Å²) in [7, 11) is 8.03. The predicted molar refractivity (Wildman–Crippen MR) is 337 cm³/mol. The van der Waals surface area contributed by atoms with E-state index in [-0.39, 0.29) is 25.8 Å². The summed E-state index contributed by atoms with van der Waals surface area (Å²) in [6.07, 6.45) is 0.474. The number of aryl methyl sites for hydroxylation is 2. The average molecular weight is 1270 g/mol. The maximum atomic E-state index is 13.8. The van der Waals surface area contributed by atoms with E-state index in [1.807, 2.05) is 19.2 Å². The minimum atomic E-state index is -4.56. The van der Waals surface area contributed by atoms with Gasteiger partial charge in [-0.15, -0.1) is 11.3 Å². The molecular weight excluding hydrogens is 1180 g/mol. The van der Waals surface area contributed by atoms with Crippen molar-refractivity contribution >= 4 is 69.8 Å². The van der Waals surface area contributed by atoms with Crippen molar-refractivity contribution in [3.63, 3.8) is 0 Å². The number of hydrogen-bond acceptors (Lipinski definition) is 18. The Morgan fingerprint density at radius 2 is 1.43 bits per heavy atom. The number of piperazine rings is 1. The van der Waals surface area contributed by atoms with Gasteiger partial charge in [0.1, 0.15) is 30.4 Å². The van der Waals surface area contributed by atoms with E-state index in [0.29, 0.717) is 116 Å². The van der Waals surface area contributed by atoms with Gasteiger partial charge in [-0.1, -0.05) is 35.9 Å². The van der Waals surface area contributed by atoms with E-state index < -0.39 is 43.0 Å². The number of aldehydes is 1. The van der Waals surface area contributed by atoms with E-state index in [1.165, 1.54) is 48.4 Å². The van der Waals surface area contributed by atoms with E-state index in [2.05, 4.69) is 64.9 Å². The van der Waals surface area contributed by atoms with E-state index in [1.54, 1.807) is 86.2 Å². The molecule has 27 heteroatoms. The fourth-order valence-electron chi connectivity index (χ4n) is 8.53. The molecule has 0 aliphatic carbocycles. The second-order valence-electron chi connectivity index (χ2n) is 20.8. The molecule has 0 bridgehead atoms. The van der Waals surface area contributed by atoms with Crippen LogP contribution < -0.4 is 31.3 Å². The van der Waals surface area contributed by atoms with Crippen molar-refractivity contribution in [3.8, 4) is 11.5 Å². The van der Waals surface area contributed by atoms with Crippen LogP contribution in [-0.2, 0) is 55.0 Å². The number of benzene rings is 3. The van der Waals surface area contributed by atoms with Gasteiger partial charge in [-0.25, -0.2) is 9.78 Å². The molecule has 1 saturated heterocycles. The molecule has 5 N–H and O–H groups in total. The van der Waals surface area contributed by atoms with Crippen molar-refractivity contribution in [2.75, 3.05) is 137 Å². The van der Waals surface area contributed by atoms with Crippen LogP contribution in [0.5, 0.6) is 11.5 Å². The number of likely N-dealkylation sites (N-methyl/N-ethyl adjacent to an activating group) is 3. The van der Waals surface area contributed by atoms with Crippen LogP contribution in [0.1, 0.15) is 66.2 Å². The minimum absolute atomic E-state index is 0.0805. The molecule has 1 unspecified atom stereocenters. The molecule has 2 aromatic heterocycles. The zero-order valence-electron chi connectivity index (χ0n) is 51.0. The molecule has 482 valence electrons. The smallest absolute Gasteiger partial charge is 0.390 e. The normalized spacial score (nSPS) is 13.5. The summed E-state index contributed by atoms with van der Waals surface area (Å²) < 4.78 is 71.0. The fourth-order valence-corrected chi connectivity index (χ4v) is 9.38. The number of alkyl halides is 3. The molecule has 6 rings (SSSR count). The van der Waals surface area contributed by atoms with Gasteiger partial charge < -0.3 is 64.6 Å². The third kappa shape index (κ3) is 28.4. The van der Waals surface area contributed by atoms with Crippen LogP contribution in [-0.4, -0.2) is 203 Å². The summed E-state index contributed by atoms with van der Waals surface area (Å²) in [6.45, 7) is 11.4. The summed E-state index contributed by atoms with van der Waals surface area (Å²) in [5.74, 6) is 5.60. The first kappa shape index (κ1) is 71.7. The lowest BCUT2D eigenvalue weighted by atomic mass is 10.0. The van der Waals surface area contributed by atoms with E-state index in [9.17, 15) is 32.3 Å². The van der Waals surface area contributed by atoms with E-state index >= 15 is 0 Å². The maximum absolute atomic E-state index is 13.8. The first-order valence-corrected chi connectivity index (χ1v) is 30.5. The van der Waals surface area contributed by atoms with Gasteiger partial charge >= 0.3 is 12.2 Å². The second-order valence-corrected chi connectivity index (χ2v) is 22.1. The fraction of sp³-hybridized carbons (Fsp3) is 0.508. The molecule has 1 aliphatic heterocycles. The highest BCUT2D eigenvalue weighted by Crippen LogP contribution is 2.29. The molecule has 88 heavy (non-hydrogen) atoms. The Morgan fingerprint density at radius 1 is 0.795 bits per heavy atom. The molecule has 1 atom stereocenters.